The Kier molecular flexibility index (Phi) is 5.73. The van der Waals surface area contributed by atoms with Crippen molar-refractivity contribution in [2.24, 2.45) is 0 Å². The Morgan fingerprint density at radius 1 is 0.781 bits per heavy atom. The van der Waals surface area contributed by atoms with Gasteiger partial charge in [0.1, 0.15) is 0 Å². The van der Waals surface area contributed by atoms with Crippen molar-refractivity contribution in [3.8, 4) is 0 Å². The first-order valence-electron chi connectivity index (χ1n) is 10.3. The van der Waals surface area contributed by atoms with E-state index in [0.29, 0.717) is 11.3 Å². The number of para-hydroxylation sites is 1. The van der Waals surface area contributed by atoms with Crippen molar-refractivity contribution in [2.75, 3.05) is 10.1 Å². The zero-order chi connectivity index (χ0) is 23.1. The van der Waals surface area contributed by atoms with Gasteiger partial charge < -0.3 is 0 Å². The molecule has 0 radical (unpaired) electrons. The number of sulfonamides is 1. The van der Waals surface area contributed by atoms with E-state index < -0.39 is 25.9 Å². The summed E-state index contributed by atoms with van der Waals surface area (Å²) in [4.78, 5) is 0.460. The Bertz CT molecular complexity index is 1390. The SMILES string of the molecule is Cc1ccc(S(=O)(=O)C/C=C2\c3ccccc3N(S(=O)(=O)c3ccc(C)cc3)C2C)cc1. The van der Waals surface area contributed by atoms with E-state index in [0.717, 1.165) is 16.7 Å². The highest BCUT2D eigenvalue weighted by molar-refractivity contribution is 7.93. The molecule has 1 atom stereocenters. The van der Waals surface area contributed by atoms with E-state index in [4.69, 9.17) is 0 Å². The minimum absolute atomic E-state index is 0.206. The third kappa shape index (κ3) is 3.98. The number of fused-ring (bicyclic) bond motifs is 1. The van der Waals surface area contributed by atoms with Gasteiger partial charge in [0.2, 0.25) is 0 Å². The molecule has 166 valence electrons. The summed E-state index contributed by atoms with van der Waals surface area (Å²) >= 11 is 0. The lowest BCUT2D eigenvalue weighted by molar-refractivity contribution is 0.589. The van der Waals surface area contributed by atoms with Gasteiger partial charge in [0.05, 0.1) is 27.3 Å². The van der Waals surface area contributed by atoms with Crippen LogP contribution >= 0.6 is 0 Å². The number of nitrogens with zero attached hydrogens (tertiary/aromatic N) is 1. The second kappa shape index (κ2) is 8.22. The minimum Gasteiger partial charge on any atom is -0.259 e. The molecule has 1 aliphatic rings. The van der Waals surface area contributed by atoms with Crippen LogP contribution in [0.2, 0.25) is 0 Å². The number of aryl methyl sites for hydroxylation is 2. The second-order valence-corrected chi connectivity index (χ2v) is 11.9. The largest absolute Gasteiger partial charge is 0.264 e. The molecule has 32 heavy (non-hydrogen) atoms. The van der Waals surface area contributed by atoms with E-state index in [2.05, 4.69) is 0 Å². The van der Waals surface area contributed by atoms with Crippen LogP contribution in [0.5, 0.6) is 0 Å². The smallest absolute Gasteiger partial charge is 0.259 e. The molecule has 1 aliphatic heterocycles. The Hall–Kier alpha value is -2.90. The van der Waals surface area contributed by atoms with Gasteiger partial charge >= 0.3 is 0 Å². The van der Waals surface area contributed by atoms with Crippen molar-refractivity contribution in [1.82, 2.24) is 0 Å². The Morgan fingerprint density at radius 2 is 1.31 bits per heavy atom. The minimum atomic E-state index is -3.82. The topological polar surface area (TPSA) is 71.5 Å². The standard InChI is InChI=1S/C25H25NO4S2/c1-18-8-12-21(13-9-18)31(27,28)17-16-23-20(3)26(25-7-5-4-6-24(23)25)32(29,30)22-14-10-19(2)11-15-22/h4-16,20H,17H2,1-3H3/b23-16-. The Morgan fingerprint density at radius 3 is 1.91 bits per heavy atom. The summed E-state index contributed by atoms with van der Waals surface area (Å²) in [7, 11) is -7.36. The van der Waals surface area contributed by atoms with Gasteiger partial charge in [-0.25, -0.2) is 16.8 Å². The van der Waals surface area contributed by atoms with Crippen LogP contribution in [-0.2, 0) is 19.9 Å². The summed E-state index contributed by atoms with van der Waals surface area (Å²) in [6, 6.07) is 20.1. The molecule has 0 aromatic heterocycles. The van der Waals surface area contributed by atoms with Gasteiger partial charge in [0, 0.05) is 5.56 Å². The van der Waals surface area contributed by atoms with Gasteiger partial charge in [-0.2, -0.15) is 0 Å². The zero-order valence-corrected chi connectivity index (χ0v) is 19.8. The van der Waals surface area contributed by atoms with Gasteiger partial charge in [0.25, 0.3) is 10.0 Å². The highest BCUT2D eigenvalue weighted by Gasteiger charge is 2.39. The molecule has 3 aromatic rings. The van der Waals surface area contributed by atoms with Gasteiger partial charge in [0.15, 0.2) is 9.84 Å². The number of hydrogen-bond acceptors (Lipinski definition) is 4. The maximum absolute atomic E-state index is 13.5. The van der Waals surface area contributed by atoms with Crippen LogP contribution < -0.4 is 4.31 Å². The van der Waals surface area contributed by atoms with Crippen LogP contribution in [-0.4, -0.2) is 28.6 Å². The number of anilines is 1. The van der Waals surface area contributed by atoms with Gasteiger partial charge in [-0.15, -0.1) is 0 Å². The molecular weight excluding hydrogens is 442 g/mol. The third-order valence-corrected chi connectivity index (χ3v) is 9.23. The van der Waals surface area contributed by atoms with Crippen LogP contribution in [0.1, 0.15) is 23.6 Å². The number of rotatable bonds is 5. The normalized spacial score (nSPS) is 17.5. The lowest BCUT2D eigenvalue weighted by Crippen LogP contribution is -2.35. The highest BCUT2D eigenvalue weighted by atomic mass is 32.2. The second-order valence-electron chi connectivity index (χ2n) is 8.06. The molecular formula is C25H25NO4S2. The molecule has 1 unspecified atom stereocenters. The van der Waals surface area contributed by atoms with Crippen LogP contribution in [0.3, 0.4) is 0 Å². The third-order valence-electron chi connectivity index (χ3n) is 5.73. The molecule has 0 fully saturated rings. The fourth-order valence-corrected chi connectivity index (χ4v) is 6.75. The van der Waals surface area contributed by atoms with Crippen LogP contribution in [0.15, 0.2) is 88.7 Å². The zero-order valence-electron chi connectivity index (χ0n) is 18.2. The fourth-order valence-electron chi connectivity index (χ4n) is 3.95. The van der Waals surface area contributed by atoms with Crippen LogP contribution in [0, 0.1) is 13.8 Å². The predicted octanol–water partition coefficient (Wildman–Crippen LogP) is 4.76. The average Bonchev–Trinajstić information content (AvgIpc) is 3.04. The van der Waals surface area contributed by atoms with Crippen molar-refractivity contribution in [3.63, 3.8) is 0 Å². The van der Waals surface area contributed by atoms with Crippen molar-refractivity contribution >= 4 is 31.1 Å². The fraction of sp³-hybridized carbons (Fsp3) is 0.200. The lowest BCUT2D eigenvalue weighted by Gasteiger charge is -2.24. The molecule has 5 nitrogen and oxygen atoms in total. The average molecular weight is 468 g/mol. The van der Waals surface area contributed by atoms with Crippen LogP contribution in [0.25, 0.3) is 5.57 Å². The summed E-state index contributed by atoms with van der Waals surface area (Å²) in [6.07, 6.45) is 1.64. The van der Waals surface area contributed by atoms with Crippen molar-refractivity contribution in [3.05, 3.63) is 95.6 Å². The lowest BCUT2D eigenvalue weighted by atomic mass is 10.0. The molecule has 0 spiro atoms. The first-order valence-corrected chi connectivity index (χ1v) is 13.4. The Labute approximate surface area is 190 Å². The summed E-state index contributed by atoms with van der Waals surface area (Å²) in [6.45, 7) is 5.59. The Balaban J connectivity index is 1.74. The molecule has 0 aliphatic carbocycles. The molecule has 0 amide bonds. The van der Waals surface area contributed by atoms with Crippen molar-refractivity contribution in [2.45, 2.75) is 36.6 Å². The van der Waals surface area contributed by atoms with E-state index in [9.17, 15) is 16.8 Å². The van der Waals surface area contributed by atoms with Crippen LogP contribution in [0.4, 0.5) is 5.69 Å². The first-order chi connectivity index (χ1) is 15.1. The van der Waals surface area contributed by atoms with Gasteiger partial charge in [-0.05, 0) is 56.7 Å². The quantitative estimate of drug-likeness (QED) is 0.542. The van der Waals surface area contributed by atoms with E-state index >= 15 is 0 Å². The van der Waals surface area contributed by atoms with Crippen molar-refractivity contribution in [1.29, 1.82) is 0 Å². The number of sulfone groups is 1. The van der Waals surface area contributed by atoms with E-state index in [-0.39, 0.29) is 15.5 Å². The maximum Gasteiger partial charge on any atom is 0.264 e. The molecule has 0 saturated carbocycles. The summed E-state index contributed by atoms with van der Waals surface area (Å²) in [5.74, 6) is -0.206. The van der Waals surface area contributed by atoms with Gasteiger partial charge in [-0.3, -0.25) is 4.31 Å². The van der Waals surface area contributed by atoms with E-state index in [1.807, 2.05) is 26.0 Å². The van der Waals surface area contributed by atoms with E-state index in [1.165, 1.54) is 4.31 Å². The van der Waals surface area contributed by atoms with Crippen molar-refractivity contribution < 1.29 is 16.8 Å². The molecule has 3 aromatic carbocycles. The first kappa shape index (κ1) is 22.3. The monoisotopic (exact) mass is 467 g/mol. The predicted molar refractivity (Wildman–Crippen MR) is 128 cm³/mol. The highest BCUT2D eigenvalue weighted by Crippen LogP contribution is 2.43. The van der Waals surface area contributed by atoms with E-state index in [1.54, 1.807) is 73.7 Å². The molecule has 1 heterocycles. The summed E-state index contributed by atoms with van der Waals surface area (Å²) in [5.41, 5.74) is 3.93. The number of benzene rings is 3. The molecule has 4 rings (SSSR count). The summed E-state index contributed by atoms with van der Waals surface area (Å²) in [5, 5.41) is 0. The molecule has 7 heteroatoms. The summed E-state index contributed by atoms with van der Waals surface area (Å²) < 4.78 is 54.1. The maximum atomic E-state index is 13.5. The molecule has 0 saturated heterocycles. The number of hydrogen-bond donors (Lipinski definition) is 0. The van der Waals surface area contributed by atoms with Gasteiger partial charge in [-0.1, -0.05) is 59.7 Å². The molecule has 0 N–H and O–H groups in total. The molecule has 0 bridgehead atoms.